The third kappa shape index (κ3) is 3.78. The zero-order valence-corrected chi connectivity index (χ0v) is 21.1. The Balaban J connectivity index is 1.15. The molecule has 0 radical (unpaired) electrons. The Morgan fingerprint density at radius 1 is 1.08 bits per heavy atom. The number of halogens is 1. The molecular weight excluding hydrogens is 518 g/mol. The second kappa shape index (κ2) is 8.23. The maximum absolute atomic E-state index is 13.1. The minimum atomic E-state index is -0.277. The molecule has 2 fully saturated rings. The third-order valence-corrected chi connectivity index (χ3v) is 8.06. The molecule has 3 aromatic carbocycles. The van der Waals surface area contributed by atoms with Crippen LogP contribution in [0.5, 0.6) is 0 Å². The van der Waals surface area contributed by atoms with Crippen LogP contribution in [0.3, 0.4) is 0 Å². The van der Waals surface area contributed by atoms with Crippen LogP contribution in [-0.2, 0) is 11.3 Å². The predicted molar refractivity (Wildman–Crippen MR) is 141 cm³/mol. The largest absolute Gasteiger partial charge is 0.456 e. The molecule has 1 atom stereocenters. The van der Waals surface area contributed by atoms with Crippen molar-refractivity contribution in [2.45, 2.75) is 31.9 Å². The first-order valence-electron chi connectivity index (χ1n) is 12.2. The van der Waals surface area contributed by atoms with Gasteiger partial charge in [-0.3, -0.25) is 4.90 Å². The summed E-state index contributed by atoms with van der Waals surface area (Å²) in [7, 11) is 0. The Morgan fingerprint density at radius 3 is 2.67 bits per heavy atom. The second-order valence-electron chi connectivity index (χ2n) is 10.0. The number of hydrogen-bond donors (Lipinski definition) is 1. The lowest BCUT2D eigenvalue weighted by molar-refractivity contribution is 0.0899. The van der Waals surface area contributed by atoms with Crippen molar-refractivity contribution < 1.29 is 13.9 Å². The van der Waals surface area contributed by atoms with Crippen LogP contribution in [0.4, 0.5) is 4.79 Å². The summed E-state index contributed by atoms with van der Waals surface area (Å²) in [5.74, 6) is 0.805. The number of amides is 1. The van der Waals surface area contributed by atoms with E-state index in [1.807, 2.05) is 59.6 Å². The van der Waals surface area contributed by atoms with E-state index in [0.29, 0.717) is 0 Å². The van der Waals surface area contributed by atoms with Crippen LogP contribution in [0.1, 0.15) is 36.7 Å². The van der Waals surface area contributed by atoms with Crippen LogP contribution < -0.4 is 0 Å². The molecule has 2 aliphatic rings. The number of carbonyl (C=O) groups excluding carboxylic acids is 1. The zero-order chi connectivity index (χ0) is 24.3. The van der Waals surface area contributed by atoms with Gasteiger partial charge in [0.15, 0.2) is 0 Å². The van der Waals surface area contributed by atoms with Gasteiger partial charge in [0, 0.05) is 27.4 Å². The fraction of sp³-hybridized carbons (Fsp3) is 0.241. The summed E-state index contributed by atoms with van der Waals surface area (Å²) in [6.07, 6.45) is 4.79. The summed E-state index contributed by atoms with van der Waals surface area (Å²) in [5, 5.41) is 2.18. The number of furan rings is 1. The second-order valence-corrected chi connectivity index (χ2v) is 10.9. The Labute approximate surface area is 216 Å². The summed E-state index contributed by atoms with van der Waals surface area (Å²) < 4.78 is 12.8. The van der Waals surface area contributed by atoms with Gasteiger partial charge in [0.2, 0.25) is 0 Å². The fourth-order valence-corrected chi connectivity index (χ4v) is 5.74. The monoisotopic (exact) mass is 541 g/mol. The van der Waals surface area contributed by atoms with Crippen LogP contribution >= 0.6 is 15.9 Å². The highest BCUT2D eigenvalue weighted by Gasteiger charge is 2.54. The molecule has 3 heterocycles. The van der Waals surface area contributed by atoms with Crippen molar-refractivity contribution in [2.75, 3.05) is 6.54 Å². The van der Waals surface area contributed by atoms with Crippen molar-refractivity contribution in [3.63, 3.8) is 0 Å². The van der Waals surface area contributed by atoms with Crippen LogP contribution in [-0.4, -0.2) is 27.5 Å². The molecule has 1 N–H and O–H groups in total. The molecule has 0 bridgehead atoms. The molecule has 7 rings (SSSR count). The van der Waals surface area contributed by atoms with Gasteiger partial charge in [-0.25, -0.2) is 9.78 Å². The van der Waals surface area contributed by atoms with Crippen LogP contribution in [0.15, 0.2) is 81.8 Å². The number of carbonyl (C=O) groups is 1. The summed E-state index contributed by atoms with van der Waals surface area (Å²) in [5.41, 5.74) is 4.79. The number of aromatic amines is 1. The average molecular weight is 542 g/mol. The number of likely N-dealkylation sites (tertiary alicyclic amines) is 1. The highest BCUT2D eigenvalue weighted by molar-refractivity contribution is 9.10. The van der Waals surface area contributed by atoms with Crippen LogP contribution in [0, 0.1) is 5.41 Å². The van der Waals surface area contributed by atoms with Gasteiger partial charge in [-0.1, -0.05) is 52.3 Å². The van der Waals surface area contributed by atoms with Crippen LogP contribution in [0.2, 0.25) is 0 Å². The van der Waals surface area contributed by atoms with E-state index in [0.717, 1.165) is 74.9 Å². The smallest absolute Gasteiger partial charge is 0.410 e. The molecule has 7 heteroatoms. The maximum atomic E-state index is 13.1. The highest BCUT2D eigenvalue weighted by Crippen LogP contribution is 2.58. The normalized spacial score (nSPS) is 18.4. The van der Waals surface area contributed by atoms with E-state index in [4.69, 9.17) is 14.1 Å². The first-order valence-corrected chi connectivity index (χ1v) is 13.0. The molecule has 1 aliphatic carbocycles. The Bertz CT molecular complexity index is 1600. The van der Waals surface area contributed by atoms with Gasteiger partial charge in [-0.2, -0.15) is 0 Å². The standard InChI is InChI=1S/C29H24BrN3O3/c30-20-7-9-22-21-8-6-19(12-25(21)36-26(22)13-20)23-15-31-27(32-23)24-14-29(10-11-29)17-33(24)28(34)35-16-18-4-2-1-3-5-18/h1-9,12-13,15,24H,10-11,14,16-17H2,(H,31,32). The Morgan fingerprint density at radius 2 is 1.86 bits per heavy atom. The van der Waals surface area contributed by atoms with Crippen molar-refractivity contribution in [3.8, 4) is 11.3 Å². The van der Waals surface area contributed by atoms with Gasteiger partial charge in [0.1, 0.15) is 23.6 Å². The third-order valence-electron chi connectivity index (χ3n) is 7.56. The number of H-pyrrole nitrogens is 1. The number of ether oxygens (including phenoxy) is 1. The number of hydrogen-bond acceptors (Lipinski definition) is 4. The van der Waals surface area contributed by atoms with Gasteiger partial charge in [0.25, 0.3) is 0 Å². The average Bonchev–Trinajstić information content (AvgIpc) is 3.22. The number of nitrogens with one attached hydrogen (secondary N) is 1. The first kappa shape index (κ1) is 21.7. The molecule has 1 saturated heterocycles. The van der Waals surface area contributed by atoms with Gasteiger partial charge >= 0.3 is 6.09 Å². The number of benzene rings is 3. The van der Waals surface area contributed by atoms with E-state index in [1.165, 1.54) is 0 Å². The number of rotatable bonds is 4. The number of imidazole rings is 1. The molecule has 36 heavy (non-hydrogen) atoms. The lowest BCUT2D eigenvalue weighted by Crippen LogP contribution is -2.32. The molecule has 1 amide bonds. The van der Waals surface area contributed by atoms with E-state index in [-0.39, 0.29) is 24.2 Å². The highest BCUT2D eigenvalue weighted by atomic mass is 79.9. The fourth-order valence-electron chi connectivity index (χ4n) is 5.40. The zero-order valence-electron chi connectivity index (χ0n) is 19.5. The number of fused-ring (bicyclic) bond motifs is 3. The van der Waals surface area contributed by atoms with Crippen molar-refractivity contribution in [3.05, 3.63) is 88.8 Å². The maximum Gasteiger partial charge on any atom is 0.410 e. The molecule has 1 spiro atoms. The molecule has 1 aliphatic heterocycles. The molecular formula is C29H24BrN3O3. The van der Waals surface area contributed by atoms with E-state index >= 15 is 0 Å². The molecule has 180 valence electrons. The minimum Gasteiger partial charge on any atom is -0.456 e. The van der Waals surface area contributed by atoms with Crippen molar-refractivity contribution in [1.82, 2.24) is 14.9 Å². The Hall–Kier alpha value is -3.58. The summed E-state index contributed by atoms with van der Waals surface area (Å²) in [6.45, 7) is 0.995. The van der Waals surface area contributed by atoms with Crippen molar-refractivity contribution >= 4 is 44.0 Å². The first-order chi connectivity index (χ1) is 17.6. The quantitative estimate of drug-likeness (QED) is 0.254. The lowest BCUT2D eigenvalue weighted by atomic mass is 10.0. The van der Waals surface area contributed by atoms with Crippen molar-refractivity contribution in [1.29, 1.82) is 0 Å². The topological polar surface area (TPSA) is 71.4 Å². The molecule has 5 aromatic rings. The minimum absolute atomic E-state index is 0.114. The van der Waals surface area contributed by atoms with Gasteiger partial charge in [-0.05, 0) is 60.6 Å². The van der Waals surface area contributed by atoms with Gasteiger partial charge in [0.05, 0.1) is 17.9 Å². The van der Waals surface area contributed by atoms with Gasteiger partial charge < -0.3 is 14.1 Å². The SMILES string of the molecule is O=C(OCc1ccccc1)N1CC2(CC2)CC1c1ncc(-c2ccc3c(c2)oc2cc(Br)ccc23)[nH]1. The van der Waals surface area contributed by atoms with E-state index in [2.05, 4.69) is 39.1 Å². The summed E-state index contributed by atoms with van der Waals surface area (Å²) in [4.78, 5) is 23.2. The Kier molecular flexibility index (Phi) is 4.96. The molecule has 1 unspecified atom stereocenters. The summed E-state index contributed by atoms with van der Waals surface area (Å²) in [6, 6.07) is 22.0. The van der Waals surface area contributed by atoms with Crippen molar-refractivity contribution in [2.24, 2.45) is 5.41 Å². The lowest BCUT2D eigenvalue weighted by Gasteiger charge is -2.22. The van der Waals surface area contributed by atoms with Crippen LogP contribution in [0.25, 0.3) is 33.2 Å². The van der Waals surface area contributed by atoms with E-state index in [9.17, 15) is 4.79 Å². The number of nitrogens with zero attached hydrogens (tertiary/aromatic N) is 2. The molecule has 1 saturated carbocycles. The van der Waals surface area contributed by atoms with E-state index < -0.39 is 0 Å². The summed E-state index contributed by atoms with van der Waals surface area (Å²) >= 11 is 3.51. The number of aromatic nitrogens is 2. The molecule has 6 nitrogen and oxygen atoms in total. The van der Waals surface area contributed by atoms with Gasteiger partial charge in [-0.15, -0.1) is 0 Å². The van der Waals surface area contributed by atoms with E-state index in [1.54, 1.807) is 0 Å². The molecule has 2 aromatic heterocycles. The predicted octanol–water partition coefficient (Wildman–Crippen LogP) is 7.60.